The molecule has 23 heavy (non-hydrogen) atoms. The third-order valence-electron chi connectivity index (χ3n) is 5.12. The van der Waals surface area contributed by atoms with Gasteiger partial charge in [0.05, 0.1) is 7.11 Å². The number of ether oxygens (including phenoxy) is 1. The van der Waals surface area contributed by atoms with Gasteiger partial charge in [-0.05, 0) is 37.5 Å². The maximum atomic E-state index is 12.4. The van der Waals surface area contributed by atoms with Gasteiger partial charge in [0.25, 0.3) is 0 Å². The highest BCUT2D eigenvalue weighted by Crippen LogP contribution is 2.52. The molecule has 1 amide bonds. The Bertz CT molecular complexity index is 552. The van der Waals surface area contributed by atoms with Gasteiger partial charge in [-0.2, -0.15) is 10.2 Å². The molecule has 124 valence electrons. The normalized spacial score (nSPS) is 21.4. The van der Waals surface area contributed by atoms with Crippen LogP contribution in [0.1, 0.15) is 51.4 Å². The molecule has 0 aromatic rings. The lowest BCUT2D eigenvalue weighted by molar-refractivity contribution is -0.153. The van der Waals surface area contributed by atoms with Crippen LogP contribution in [-0.2, 0) is 14.3 Å². The summed E-state index contributed by atoms with van der Waals surface area (Å²) >= 11 is 0. The molecule has 0 unspecified atom stereocenters. The van der Waals surface area contributed by atoms with Crippen LogP contribution >= 0.6 is 0 Å². The Labute approximate surface area is 136 Å². The van der Waals surface area contributed by atoms with Crippen molar-refractivity contribution >= 4 is 11.9 Å². The second-order valence-electron chi connectivity index (χ2n) is 6.84. The van der Waals surface area contributed by atoms with E-state index in [-0.39, 0.29) is 23.7 Å². The lowest BCUT2D eigenvalue weighted by Crippen LogP contribution is -2.58. The second kappa shape index (κ2) is 5.95. The fraction of sp³-hybridized carbons (Fsp3) is 0.765. The zero-order chi connectivity index (χ0) is 16.5. The number of methoxy groups -OCH3 is 1. The Hall–Kier alpha value is -1.90. The monoisotopic (exact) mass is 317 g/mol. The van der Waals surface area contributed by atoms with Crippen LogP contribution in [0.4, 0.5) is 0 Å². The molecule has 6 nitrogen and oxygen atoms in total. The highest BCUT2D eigenvalue weighted by molar-refractivity contribution is 5.89. The molecular weight excluding hydrogens is 294 g/mol. The van der Waals surface area contributed by atoms with Crippen molar-refractivity contribution in [2.24, 2.45) is 22.1 Å². The largest absolute Gasteiger partial charge is 0.467 e. The number of nitrogens with one attached hydrogen (secondary N) is 1. The van der Waals surface area contributed by atoms with Gasteiger partial charge in [0.2, 0.25) is 5.91 Å². The minimum Gasteiger partial charge on any atom is -0.467 e. The number of nitrogens with zero attached hydrogens (tertiary/aromatic N) is 2. The van der Waals surface area contributed by atoms with Gasteiger partial charge < -0.3 is 10.1 Å². The third kappa shape index (κ3) is 3.24. The van der Waals surface area contributed by atoms with Crippen molar-refractivity contribution in [3.63, 3.8) is 0 Å². The Morgan fingerprint density at radius 1 is 1.26 bits per heavy atom. The fourth-order valence-corrected chi connectivity index (χ4v) is 3.44. The van der Waals surface area contributed by atoms with Gasteiger partial charge in [-0.1, -0.05) is 0 Å². The number of hydrogen-bond donors (Lipinski definition) is 1. The molecule has 3 aliphatic rings. The lowest BCUT2D eigenvalue weighted by Gasteiger charge is -2.32. The number of carbonyl (C=O) groups is 2. The van der Waals surface area contributed by atoms with Crippen molar-refractivity contribution in [2.75, 3.05) is 7.11 Å². The van der Waals surface area contributed by atoms with Crippen LogP contribution in [0.2, 0.25) is 0 Å². The van der Waals surface area contributed by atoms with E-state index in [1.807, 2.05) is 0 Å². The van der Waals surface area contributed by atoms with Gasteiger partial charge in [0.1, 0.15) is 5.54 Å². The van der Waals surface area contributed by atoms with Gasteiger partial charge in [-0.15, -0.1) is 12.3 Å². The lowest BCUT2D eigenvalue weighted by atomic mass is 9.86. The van der Waals surface area contributed by atoms with Crippen LogP contribution < -0.4 is 5.32 Å². The first kappa shape index (κ1) is 16.0. The van der Waals surface area contributed by atoms with Crippen LogP contribution in [0.15, 0.2) is 10.2 Å². The molecule has 0 bridgehead atoms. The molecule has 0 aromatic heterocycles. The molecule has 2 aliphatic carbocycles. The molecule has 1 aliphatic heterocycles. The number of esters is 1. The summed E-state index contributed by atoms with van der Waals surface area (Å²) in [6.45, 7) is 0. The molecule has 2 saturated carbocycles. The summed E-state index contributed by atoms with van der Waals surface area (Å²) in [5, 5.41) is 11.1. The van der Waals surface area contributed by atoms with Crippen molar-refractivity contribution in [3.05, 3.63) is 0 Å². The van der Waals surface area contributed by atoms with E-state index in [0.717, 1.165) is 25.7 Å². The van der Waals surface area contributed by atoms with Crippen molar-refractivity contribution in [1.82, 2.24) is 5.32 Å². The molecular formula is C17H23N3O3. The minimum absolute atomic E-state index is 0.119. The average molecular weight is 317 g/mol. The van der Waals surface area contributed by atoms with Gasteiger partial charge in [0, 0.05) is 25.7 Å². The van der Waals surface area contributed by atoms with Crippen LogP contribution in [0.25, 0.3) is 0 Å². The number of rotatable bonds is 9. The third-order valence-corrected chi connectivity index (χ3v) is 5.12. The quantitative estimate of drug-likeness (QED) is 0.523. The first-order chi connectivity index (χ1) is 11.1. The summed E-state index contributed by atoms with van der Waals surface area (Å²) in [7, 11) is 1.39. The van der Waals surface area contributed by atoms with Gasteiger partial charge >= 0.3 is 5.97 Å². The van der Waals surface area contributed by atoms with E-state index in [1.54, 1.807) is 0 Å². The summed E-state index contributed by atoms with van der Waals surface area (Å²) in [5.74, 6) is 2.60. The molecule has 6 heteroatoms. The number of hydrogen-bond acceptors (Lipinski definition) is 5. The van der Waals surface area contributed by atoms with Crippen LogP contribution in [-0.4, -0.2) is 30.2 Å². The van der Waals surface area contributed by atoms with E-state index in [9.17, 15) is 9.59 Å². The molecule has 0 saturated heterocycles. The average Bonchev–Trinajstić information content (AvgIpc) is 3.41. The SMILES string of the molecule is C#CCCC1(CCC(=O)NC(C(=O)OC)(C2CC2)C2CC2)N=N1. The van der Waals surface area contributed by atoms with Crippen molar-refractivity contribution < 1.29 is 14.3 Å². The summed E-state index contributed by atoms with van der Waals surface area (Å²) in [4.78, 5) is 24.8. The maximum absolute atomic E-state index is 12.4. The Balaban J connectivity index is 1.59. The first-order valence-corrected chi connectivity index (χ1v) is 8.33. The van der Waals surface area contributed by atoms with Gasteiger partial charge in [-0.25, -0.2) is 4.79 Å². The predicted octanol–water partition coefficient (Wildman–Crippen LogP) is 2.19. The summed E-state index contributed by atoms with van der Waals surface area (Å²) < 4.78 is 5.02. The van der Waals surface area contributed by atoms with Crippen molar-refractivity contribution in [1.29, 1.82) is 0 Å². The van der Waals surface area contributed by atoms with Crippen molar-refractivity contribution in [2.45, 2.75) is 62.6 Å². The number of carbonyl (C=O) groups excluding carboxylic acids is 2. The molecule has 0 atom stereocenters. The maximum Gasteiger partial charge on any atom is 0.332 e. The van der Waals surface area contributed by atoms with E-state index in [4.69, 9.17) is 11.2 Å². The summed E-state index contributed by atoms with van der Waals surface area (Å²) in [6.07, 6.45) is 11.3. The standard InChI is InChI=1S/C17H23N3O3/c1-3-4-10-16(19-20-16)11-9-14(21)18-17(12-5-6-12,13-7-8-13)15(22)23-2/h1,12-13H,4-11H2,2H3,(H,18,21). The second-order valence-corrected chi connectivity index (χ2v) is 6.84. The van der Waals surface area contributed by atoms with Crippen molar-refractivity contribution in [3.8, 4) is 12.3 Å². The van der Waals surface area contributed by atoms with Gasteiger partial charge in [-0.3, -0.25) is 4.79 Å². The Morgan fingerprint density at radius 2 is 1.87 bits per heavy atom. The number of amides is 1. The van der Waals surface area contributed by atoms with E-state index in [0.29, 0.717) is 25.7 Å². The highest BCUT2D eigenvalue weighted by atomic mass is 16.5. The molecule has 1 heterocycles. The Morgan fingerprint density at radius 3 is 2.30 bits per heavy atom. The molecule has 0 aromatic carbocycles. The highest BCUT2D eigenvalue weighted by Gasteiger charge is 2.60. The zero-order valence-corrected chi connectivity index (χ0v) is 13.5. The topological polar surface area (TPSA) is 80.1 Å². The molecule has 2 fully saturated rings. The molecule has 0 radical (unpaired) electrons. The molecule has 0 spiro atoms. The van der Waals surface area contributed by atoms with Crippen LogP contribution in [0.3, 0.4) is 0 Å². The number of terminal acetylenes is 1. The molecule has 3 rings (SSSR count). The Kier molecular flexibility index (Phi) is 4.13. The molecule has 1 N–H and O–H groups in total. The van der Waals surface area contributed by atoms with Gasteiger partial charge in [0.15, 0.2) is 5.66 Å². The minimum atomic E-state index is -0.810. The van der Waals surface area contributed by atoms with Crippen LogP contribution in [0, 0.1) is 24.2 Å². The van der Waals surface area contributed by atoms with E-state index < -0.39 is 11.2 Å². The van der Waals surface area contributed by atoms with E-state index in [2.05, 4.69) is 21.5 Å². The predicted molar refractivity (Wildman–Crippen MR) is 83.2 cm³/mol. The summed E-state index contributed by atoms with van der Waals surface area (Å²) in [5.41, 5.74) is -1.27. The van der Waals surface area contributed by atoms with E-state index >= 15 is 0 Å². The smallest absolute Gasteiger partial charge is 0.332 e. The first-order valence-electron chi connectivity index (χ1n) is 8.33. The van der Waals surface area contributed by atoms with E-state index in [1.165, 1.54) is 7.11 Å². The summed E-state index contributed by atoms with van der Waals surface area (Å²) in [6, 6.07) is 0. The zero-order valence-electron chi connectivity index (χ0n) is 13.5. The fourth-order valence-electron chi connectivity index (χ4n) is 3.44. The van der Waals surface area contributed by atoms with Crippen LogP contribution in [0.5, 0.6) is 0 Å².